The number of halogens is 4. The second-order valence-corrected chi connectivity index (χ2v) is 6.53. The molecule has 0 fully saturated rings. The SMILES string of the molecule is CC(=O)Oc1ccc(Cl)cc1Nc1nc2ccc(C(F)(F)F)cc2s1. The molecule has 1 heterocycles. The van der Waals surface area contributed by atoms with Crippen LogP contribution in [-0.2, 0) is 11.0 Å². The van der Waals surface area contributed by atoms with Crippen molar-refractivity contribution in [3.8, 4) is 5.75 Å². The normalized spacial score (nSPS) is 11.6. The van der Waals surface area contributed by atoms with E-state index in [0.717, 1.165) is 23.5 Å². The van der Waals surface area contributed by atoms with Crippen molar-refractivity contribution < 1.29 is 22.7 Å². The molecule has 0 spiro atoms. The average molecular weight is 387 g/mol. The molecule has 0 atom stereocenters. The summed E-state index contributed by atoms with van der Waals surface area (Å²) in [6.45, 7) is 1.26. The molecule has 25 heavy (non-hydrogen) atoms. The van der Waals surface area contributed by atoms with Crippen LogP contribution in [0.25, 0.3) is 10.2 Å². The van der Waals surface area contributed by atoms with Crippen LogP contribution in [0, 0.1) is 0 Å². The summed E-state index contributed by atoms with van der Waals surface area (Å²) in [6.07, 6.45) is -4.42. The van der Waals surface area contributed by atoms with Gasteiger partial charge in [0.1, 0.15) is 0 Å². The van der Waals surface area contributed by atoms with Crippen molar-refractivity contribution in [3.05, 3.63) is 47.0 Å². The van der Waals surface area contributed by atoms with Crippen molar-refractivity contribution in [2.45, 2.75) is 13.1 Å². The molecule has 1 N–H and O–H groups in total. The van der Waals surface area contributed by atoms with Gasteiger partial charge in [-0.3, -0.25) is 4.79 Å². The number of carbonyl (C=O) groups is 1. The molecule has 4 nitrogen and oxygen atoms in total. The Balaban J connectivity index is 1.96. The summed E-state index contributed by atoms with van der Waals surface area (Å²) in [7, 11) is 0. The molecule has 0 aliphatic rings. The Kier molecular flexibility index (Phi) is 4.57. The Bertz CT molecular complexity index is 956. The Morgan fingerprint density at radius 2 is 2.00 bits per heavy atom. The van der Waals surface area contributed by atoms with Crippen LogP contribution in [0.4, 0.5) is 24.0 Å². The number of nitrogens with one attached hydrogen (secondary N) is 1. The van der Waals surface area contributed by atoms with E-state index >= 15 is 0 Å². The van der Waals surface area contributed by atoms with Gasteiger partial charge >= 0.3 is 12.1 Å². The van der Waals surface area contributed by atoms with Gasteiger partial charge in [-0.15, -0.1) is 0 Å². The number of carbonyl (C=O) groups excluding carboxylic acids is 1. The van der Waals surface area contributed by atoms with E-state index in [1.165, 1.54) is 25.1 Å². The lowest BCUT2D eigenvalue weighted by Crippen LogP contribution is -2.04. The number of alkyl halides is 3. The van der Waals surface area contributed by atoms with Gasteiger partial charge in [0.25, 0.3) is 0 Å². The highest BCUT2D eigenvalue weighted by Crippen LogP contribution is 2.37. The number of nitrogens with zero attached hydrogens (tertiary/aromatic N) is 1. The Morgan fingerprint density at radius 1 is 1.24 bits per heavy atom. The number of rotatable bonds is 3. The number of hydrogen-bond acceptors (Lipinski definition) is 5. The maximum absolute atomic E-state index is 12.8. The first-order valence-corrected chi connectivity index (χ1v) is 8.14. The molecular weight excluding hydrogens is 377 g/mol. The summed E-state index contributed by atoms with van der Waals surface area (Å²) in [6, 6.07) is 7.94. The lowest BCUT2D eigenvalue weighted by atomic mass is 10.2. The topological polar surface area (TPSA) is 51.2 Å². The molecule has 0 amide bonds. The molecule has 3 aromatic rings. The van der Waals surface area contributed by atoms with Crippen LogP contribution in [0.1, 0.15) is 12.5 Å². The molecular formula is C16H10ClF3N2O2S. The fraction of sp³-hybridized carbons (Fsp3) is 0.125. The Hall–Kier alpha value is -2.32. The van der Waals surface area contributed by atoms with E-state index < -0.39 is 17.7 Å². The van der Waals surface area contributed by atoms with Crippen molar-refractivity contribution in [2.24, 2.45) is 0 Å². The first-order chi connectivity index (χ1) is 11.7. The maximum atomic E-state index is 12.8. The standard InChI is InChI=1S/C16H10ClF3N2O2S/c1-8(23)24-13-5-3-10(17)7-12(13)22-15-21-11-4-2-9(16(18,19)20)6-14(11)25-15/h2-7H,1H3,(H,21,22). The average Bonchev–Trinajstić information content (AvgIpc) is 2.90. The molecule has 0 radical (unpaired) electrons. The predicted octanol–water partition coefficient (Wildman–Crippen LogP) is 5.64. The summed E-state index contributed by atoms with van der Waals surface area (Å²) in [5.41, 5.74) is 0.0768. The number of thiazole rings is 1. The molecule has 3 rings (SSSR count). The molecule has 0 aliphatic heterocycles. The van der Waals surface area contributed by atoms with Crippen molar-refractivity contribution in [2.75, 3.05) is 5.32 Å². The zero-order chi connectivity index (χ0) is 18.2. The van der Waals surface area contributed by atoms with E-state index in [4.69, 9.17) is 16.3 Å². The molecule has 1 aromatic heterocycles. The number of hydrogen-bond donors (Lipinski definition) is 1. The number of anilines is 2. The highest BCUT2D eigenvalue weighted by atomic mass is 35.5. The van der Waals surface area contributed by atoms with Gasteiger partial charge in [0.05, 0.1) is 21.5 Å². The molecule has 0 aliphatic carbocycles. The number of aromatic nitrogens is 1. The van der Waals surface area contributed by atoms with Crippen molar-refractivity contribution in [3.63, 3.8) is 0 Å². The van der Waals surface area contributed by atoms with Gasteiger partial charge in [-0.25, -0.2) is 4.98 Å². The third kappa shape index (κ3) is 4.02. The third-order valence-corrected chi connectivity index (χ3v) is 4.32. The minimum absolute atomic E-state index is 0.243. The number of esters is 1. The van der Waals surface area contributed by atoms with E-state index in [1.54, 1.807) is 6.07 Å². The van der Waals surface area contributed by atoms with Gasteiger partial charge < -0.3 is 10.1 Å². The molecule has 2 aromatic carbocycles. The van der Waals surface area contributed by atoms with Crippen molar-refractivity contribution in [1.82, 2.24) is 4.98 Å². The van der Waals surface area contributed by atoms with Crippen molar-refractivity contribution in [1.29, 1.82) is 0 Å². The van der Waals surface area contributed by atoms with E-state index in [9.17, 15) is 18.0 Å². The zero-order valence-electron chi connectivity index (χ0n) is 12.6. The smallest absolute Gasteiger partial charge is 0.416 e. The summed E-state index contributed by atoms with van der Waals surface area (Å²) >= 11 is 7.00. The Morgan fingerprint density at radius 3 is 2.68 bits per heavy atom. The molecule has 130 valence electrons. The summed E-state index contributed by atoms with van der Waals surface area (Å²) < 4.78 is 43.8. The van der Waals surface area contributed by atoms with Crippen LogP contribution in [0.5, 0.6) is 5.75 Å². The van der Waals surface area contributed by atoms with Gasteiger partial charge in [0.2, 0.25) is 0 Å². The highest BCUT2D eigenvalue weighted by Gasteiger charge is 2.30. The van der Waals surface area contributed by atoms with Crippen LogP contribution < -0.4 is 10.1 Å². The fourth-order valence-corrected chi connectivity index (χ4v) is 3.20. The van der Waals surface area contributed by atoms with Crippen LogP contribution in [0.3, 0.4) is 0 Å². The largest absolute Gasteiger partial charge is 0.424 e. The Labute approximate surface area is 149 Å². The molecule has 0 unspecified atom stereocenters. The lowest BCUT2D eigenvalue weighted by Gasteiger charge is -2.09. The minimum Gasteiger partial charge on any atom is -0.424 e. The van der Waals surface area contributed by atoms with Gasteiger partial charge in [-0.1, -0.05) is 22.9 Å². The number of ether oxygens (including phenoxy) is 1. The van der Waals surface area contributed by atoms with Gasteiger partial charge in [0.15, 0.2) is 10.9 Å². The van der Waals surface area contributed by atoms with Gasteiger partial charge in [0, 0.05) is 11.9 Å². The maximum Gasteiger partial charge on any atom is 0.416 e. The van der Waals surface area contributed by atoms with Crippen molar-refractivity contribution >= 4 is 49.9 Å². The van der Waals surface area contributed by atoms with Crippen LogP contribution in [-0.4, -0.2) is 11.0 Å². The van der Waals surface area contributed by atoms with E-state index in [0.29, 0.717) is 26.1 Å². The first-order valence-electron chi connectivity index (χ1n) is 6.95. The van der Waals surface area contributed by atoms with Gasteiger partial charge in [-0.2, -0.15) is 13.2 Å². The fourth-order valence-electron chi connectivity index (χ4n) is 2.11. The number of fused-ring (bicyclic) bond motifs is 1. The predicted molar refractivity (Wildman–Crippen MR) is 90.7 cm³/mol. The third-order valence-electron chi connectivity index (χ3n) is 3.15. The second-order valence-electron chi connectivity index (χ2n) is 5.06. The second kappa shape index (κ2) is 6.53. The highest BCUT2D eigenvalue weighted by molar-refractivity contribution is 7.22. The first kappa shape index (κ1) is 17.5. The van der Waals surface area contributed by atoms with E-state index in [-0.39, 0.29) is 5.75 Å². The summed E-state index contributed by atoms with van der Waals surface area (Å²) in [5, 5.41) is 3.68. The minimum atomic E-state index is -4.42. The van der Waals surface area contributed by atoms with E-state index in [2.05, 4.69) is 10.3 Å². The quantitative estimate of drug-likeness (QED) is 0.467. The number of benzene rings is 2. The molecule has 0 saturated heterocycles. The molecule has 9 heteroatoms. The molecule has 0 saturated carbocycles. The van der Waals surface area contributed by atoms with Crippen LogP contribution in [0.15, 0.2) is 36.4 Å². The monoisotopic (exact) mass is 386 g/mol. The van der Waals surface area contributed by atoms with Crippen LogP contribution >= 0.6 is 22.9 Å². The van der Waals surface area contributed by atoms with E-state index in [1.807, 2.05) is 0 Å². The van der Waals surface area contributed by atoms with Crippen LogP contribution in [0.2, 0.25) is 5.02 Å². The zero-order valence-corrected chi connectivity index (χ0v) is 14.2. The summed E-state index contributed by atoms with van der Waals surface area (Å²) in [5.74, 6) is -0.267. The van der Waals surface area contributed by atoms with Gasteiger partial charge in [-0.05, 0) is 36.4 Å². The molecule has 0 bridgehead atoms. The summed E-state index contributed by atoms with van der Waals surface area (Å²) in [4.78, 5) is 15.4. The lowest BCUT2D eigenvalue weighted by molar-refractivity contribution is -0.137.